The second kappa shape index (κ2) is 6.40. The lowest BCUT2D eigenvalue weighted by molar-refractivity contribution is 0.0689. The average molecular weight is 226 g/mol. The molecule has 1 aromatic heterocycles. The Morgan fingerprint density at radius 3 is 3.00 bits per heavy atom. The first-order valence-electron chi connectivity index (χ1n) is 4.93. The van der Waals surface area contributed by atoms with Crippen molar-refractivity contribution in [2.75, 3.05) is 5.75 Å². The minimum Gasteiger partial charge on any atom is -0.477 e. The Morgan fingerprint density at radius 2 is 2.33 bits per heavy atom. The van der Waals surface area contributed by atoms with Gasteiger partial charge in [0.2, 0.25) is 0 Å². The second-order valence-electron chi connectivity index (χ2n) is 3.09. The molecule has 1 N–H and O–H groups in total. The highest BCUT2D eigenvalue weighted by Crippen LogP contribution is 2.14. The first-order chi connectivity index (χ1) is 7.24. The molecular formula is C10H14N2O2S. The summed E-state index contributed by atoms with van der Waals surface area (Å²) in [6.07, 6.45) is 4.96. The summed E-state index contributed by atoms with van der Waals surface area (Å²) in [6, 6.07) is 1.40. The van der Waals surface area contributed by atoms with Gasteiger partial charge in [0.15, 0.2) is 10.9 Å². The summed E-state index contributed by atoms with van der Waals surface area (Å²) in [5.41, 5.74) is 0.0583. The minimum atomic E-state index is -1.01. The SMILES string of the molecule is CCCCCSc1nccc(C(=O)O)n1. The molecule has 0 unspecified atom stereocenters. The molecule has 0 radical (unpaired) electrons. The van der Waals surface area contributed by atoms with E-state index in [2.05, 4.69) is 16.9 Å². The molecule has 1 heterocycles. The molecule has 15 heavy (non-hydrogen) atoms. The van der Waals surface area contributed by atoms with Gasteiger partial charge in [-0.1, -0.05) is 31.5 Å². The van der Waals surface area contributed by atoms with Crippen LogP contribution in [-0.2, 0) is 0 Å². The largest absolute Gasteiger partial charge is 0.477 e. The highest BCUT2D eigenvalue weighted by Gasteiger charge is 2.05. The molecule has 0 saturated carbocycles. The molecule has 0 amide bonds. The lowest BCUT2D eigenvalue weighted by atomic mass is 10.3. The van der Waals surface area contributed by atoms with E-state index in [1.165, 1.54) is 36.9 Å². The number of aromatic nitrogens is 2. The smallest absolute Gasteiger partial charge is 0.354 e. The van der Waals surface area contributed by atoms with Crippen molar-refractivity contribution in [2.24, 2.45) is 0 Å². The van der Waals surface area contributed by atoms with Gasteiger partial charge in [0, 0.05) is 11.9 Å². The predicted octanol–water partition coefficient (Wildman–Crippen LogP) is 2.46. The van der Waals surface area contributed by atoms with E-state index in [9.17, 15) is 4.79 Å². The fraction of sp³-hybridized carbons (Fsp3) is 0.500. The normalized spacial score (nSPS) is 10.2. The van der Waals surface area contributed by atoms with Crippen molar-refractivity contribution in [1.29, 1.82) is 0 Å². The van der Waals surface area contributed by atoms with E-state index in [0.29, 0.717) is 5.16 Å². The maximum absolute atomic E-state index is 10.6. The zero-order valence-corrected chi connectivity index (χ0v) is 9.46. The first kappa shape index (κ1) is 12.0. The van der Waals surface area contributed by atoms with E-state index < -0.39 is 5.97 Å². The Bertz CT molecular complexity index is 331. The number of rotatable bonds is 6. The van der Waals surface area contributed by atoms with Crippen molar-refractivity contribution in [3.63, 3.8) is 0 Å². The van der Waals surface area contributed by atoms with E-state index in [1.54, 1.807) is 0 Å². The number of unbranched alkanes of at least 4 members (excludes halogenated alkanes) is 2. The summed E-state index contributed by atoms with van der Waals surface area (Å²) in [7, 11) is 0. The highest BCUT2D eigenvalue weighted by molar-refractivity contribution is 7.99. The Morgan fingerprint density at radius 1 is 1.53 bits per heavy atom. The summed E-state index contributed by atoms with van der Waals surface area (Å²) in [5, 5.41) is 9.27. The van der Waals surface area contributed by atoms with Gasteiger partial charge in [0.1, 0.15) is 0 Å². The fourth-order valence-corrected chi connectivity index (χ4v) is 1.87. The van der Waals surface area contributed by atoms with Crippen molar-refractivity contribution >= 4 is 17.7 Å². The predicted molar refractivity (Wildman–Crippen MR) is 59.2 cm³/mol. The molecule has 0 aromatic carbocycles. The zero-order valence-electron chi connectivity index (χ0n) is 8.64. The molecule has 0 aliphatic heterocycles. The Balaban J connectivity index is 2.47. The topological polar surface area (TPSA) is 63.1 Å². The van der Waals surface area contributed by atoms with Crippen LogP contribution in [0.5, 0.6) is 0 Å². The van der Waals surface area contributed by atoms with Gasteiger partial charge in [-0.2, -0.15) is 0 Å². The van der Waals surface area contributed by atoms with Gasteiger partial charge < -0.3 is 5.11 Å². The second-order valence-corrected chi connectivity index (χ2v) is 4.15. The van der Waals surface area contributed by atoms with Crippen LogP contribution >= 0.6 is 11.8 Å². The first-order valence-corrected chi connectivity index (χ1v) is 5.91. The van der Waals surface area contributed by atoms with Crippen molar-refractivity contribution in [2.45, 2.75) is 31.3 Å². The minimum absolute atomic E-state index is 0.0583. The fourth-order valence-electron chi connectivity index (χ4n) is 1.04. The van der Waals surface area contributed by atoms with Gasteiger partial charge in [-0.25, -0.2) is 14.8 Å². The quantitative estimate of drug-likeness (QED) is 0.458. The van der Waals surface area contributed by atoms with Gasteiger partial charge in [0.25, 0.3) is 0 Å². The maximum atomic E-state index is 10.6. The number of thioether (sulfide) groups is 1. The molecule has 0 aliphatic carbocycles. The number of hydrogen-bond donors (Lipinski definition) is 1. The van der Waals surface area contributed by atoms with Crippen LogP contribution in [-0.4, -0.2) is 26.8 Å². The van der Waals surface area contributed by atoms with Crippen LogP contribution in [0.15, 0.2) is 17.4 Å². The van der Waals surface area contributed by atoms with Crippen molar-refractivity contribution in [1.82, 2.24) is 9.97 Å². The number of nitrogens with zero attached hydrogens (tertiary/aromatic N) is 2. The summed E-state index contributed by atoms with van der Waals surface area (Å²) in [4.78, 5) is 18.6. The molecule has 0 fully saturated rings. The molecule has 5 heteroatoms. The molecule has 0 atom stereocenters. The lowest BCUT2D eigenvalue weighted by Gasteiger charge is -2.00. The third kappa shape index (κ3) is 4.29. The van der Waals surface area contributed by atoms with Crippen LogP contribution in [0.1, 0.15) is 36.7 Å². The number of carboxylic acids is 1. The average Bonchev–Trinajstić information content (AvgIpc) is 2.25. The third-order valence-electron chi connectivity index (χ3n) is 1.83. The highest BCUT2D eigenvalue weighted by atomic mass is 32.2. The van der Waals surface area contributed by atoms with Crippen LogP contribution in [0.4, 0.5) is 0 Å². The molecule has 0 spiro atoms. The number of carboxylic acid groups (broad SMARTS) is 1. The molecule has 0 saturated heterocycles. The van der Waals surface area contributed by atoms with E-state index >= 15 is 0 Å². The molecule has 82 valence electrons. The van der Waals surface area contributed by atoms with Crippen LogP contribution < -0.4 is 0 Å². The molecular weight excluding hydrogens is 212 g/mol. The summed E-state index contributed by atoms with van der Waals surface area (Å²) in [6.45, 7) is 2.15. The molecule has 0 aliphatic rings. The van der Waals surface area contributed by atoms with Gasteiger partial charge in [-0.15, -0.1) is 0 Å². The van der Waals surface area contributed by atoms with Gasteiger partial charge >= 0.3 is 5.97 Å². The Kier molecular flexibility index (Phi) is 5.10. The van der Waals surface area contributed by atoms with E-state index in [1.807, 2.05) is 0 Å². The zero-order chi connectivity index (χ0) is 11.1. The van der Waals surface area contributed by atoms with Crippen molar-refractivity contribution in [3.8, 4) is 0 Å². The summed E-state index contributed by atoms with van der Waals surface area (Å²) < 4.78 is 0. The van der Waals surface area contributed by atoms with E-state index in [-0.39, 0.29) is 5.69 Å². The lowest BCUT2D eigenvalue weighted by Crippen LogP contribution is -2.01. The van der Waals surface area contributed by atoms with Gasteiger partial charge in [0.05, 0.1) is 0 Å². The van der Waals surface area contributed by atoms with E-state index in [0.717, 1.165) is 12.2 Å². The molecule has 0 bridgehead atoms. The van der Waals surface area contributed by atoms with Crippen LogP contribution in [0.2, 0.25) is 0 Å². The number of carbonyl (C=O) groups is 1. The summed E-state index contributed by atoms with van der Waals surface area (Å²) >= 11 is 1.51. The van der Waals surface area contributed by atoms with Crippen LogP contribution in [0.25, 0.3) is 0 Å². The van der Waals surface area contributed by atoms with Crippen molar-refractivity contribution in [3.05, 3.63) is 18.0 Å². The molecule has 1 aromatic rings. The summed E-state index contributed by atoms with van der Waals surface area (Å²) in [5.74, 6) is -0.0653. The van der Waals surface area contributed by atoms with Gasteiger partial charge in [-0.05, 0) is 12.5 Å². The van der Waals surface area contributed by atoms with Crippen LogP contribution in [0.3, 0.4) is 0 Å². The Hall–Kier alpha value is -1.10. The molecule has 1 rings (SSSR count). The monoisotopic (exact) mass is 226 g/mol. The maximum Gasteiger partial charge on any atom is 0.354 e. The van der Waals surface area contributed by atoms with E-state index in [4.69, 9.17) is 5.11 Å². The van der Waals surface area contributed by atoms with Gasteiger partial charge in [-0.3, -0.25) is 0 Å². The number of aromatic carboxylic acids is 1. The standard InChI is InChI=1S/C10H14N2O2S/c1-2-3-4-7-15-10-11-6-5-8(12-10)9(13)14/h5-6H,2-4,7H2,1H3,(H,13,14). The third-order valence-corrected chi connectivity index (χ3v) is 2.78. The molecule has 4 nitrogen and oxygen atoms in total. The number of hydrogen-bond acceptors (Lipinski definition) is 4. The van der Waals surface area contributed by atoms with Crippen LogP contribution in [0, 0.1) is 0 Å². The van der Waals surface area contributed by atoms with Crippen molar-refractivity contribution < 1.29 is 9.90 Å². The Labute approximate surface area is 93.1 Å².